The molecule has 2 fully saturated rings. The van der Waals surface area contributed by atoms with E-state index < -0.39 is 0 Å². The Hall–Kier alpha value is -0.800. The minimum atomic E-state index is -0.176. The van der Waals surface area contributed by atoms with Gasteiger partial charge in [-0.3, -0.25) is 0 Å². The van der Waals surface area contributed by atoms with Crippen LogP contribution in [0.3, 0.4) is 0 Å². The summed E-state index contributed by atoms with van der Waals surface area (Å²) in [5, 5.41) is 9.72. The molecule has 0 heterocycles. The Morgan fingerprint density at radius 3 is 2.71 bits per heavy atom. The number of phenolic OH excluding ortho intramolecular Hbond substituents is 1. The Morgan fingerprint density at radius 2 is 2.05 bits per heavy atom. The molecule has 1 aromatic carbocycles. The third-order valence-electron chi connectivity index (χ3n) is 5.50. The van der Waals surface area contributed by atoms with Crippen LogP contribution < -0.4 is 0 Å². The summed E-state index contributed by atoms with van der Waals surface area (Å²) in [6.07, 6.45) is 4.79. The Labute approximate surface area is 132 Å². The fraction of sp³-hybridized carbons (Fsp3) is 0.647. The van der Waals surface area contributed by atoms with E-state index in [9.17, 15) is 9.50 Å². The highest BCUT2D eigenvalue weighted by atomic mass is 35.5. The Balaban J connectivity index is 0.00000161. The van der Waals surface area contributed by atoms with Crippen molar-refractivity contribution in [2.24, 2.45) is 11.3 Å². The van der Waals surface area contributed by atoms with Gasteiger partial charge in [-0.15, -0.1) is 12.4 Å². The van der Waals surface area contributed by atoms with Crippen molar-refractivity contribution in [2.45, 2.75) is 44.6 Å². The molecule has 1 N–H and O–H groups in total. The van der Waals surface area contributed by atoms with Gasteiger partial charge in [0.1, 0.15) is 11.6 Å². The number of likely N-dealkylation sites (N-methyl/N-ethyl adjacent to an activating group) is 1. The molecule has 0 saturated heterocycles. The van der Waals surface area contributed by atoms with Crippen LogP contribution in [0.2, 0.25) is 0 Å². The summed E-state index contributed by atoms with van der Waals surface area (Å²) in [7, 11) is 4.20. The second-order valence-corrected chi connectivity index (χ2v) is 7.22. The van der Waals surface area contributed by atoms with Gasteiger partial charge in [-0.1, -0.05) is 6.92 Å². The van der Waals surface area contributed by atoms with Crippen LogP contribution in [-0.4, -0.2) is 30.1 Å². The lowest BCUT2D eigenvalue weighted by molar-refractivity contribution is 0.0619. The quantitative estimate of drug-likeness (QED) is 0.885. The summed E-state index contributed by atoms with van der Waals surface area (Å²) in [5.74, 6) is 0.887. The molecule has 0 aromatic heterocycles. The maximum absolute atomic E-state index is 14.3. The first-order chi connectivity index (χ1) is 9.40. The fourth-order valence-electron chi connectivity index (χ4n) is 4.94. The van der Waals surface area contributed by atoms with Crippen molar-refractivity contribution in [3.8, 4) is 5.75 Å². The number of hydrogen-bond donors (Lipinski definition) is 1. The number of rotatable bonds is 2. The zero-order valence-corrected chi connectivity index (χ0v) is 13.8. The van der Waals surface area contributed by atoms with Crippen LogP contribution in [-0.2, 0) is 0 Å². The topological polar surface area (TPSA) is 23.5 Å². The SMILES string of the molecule is CN(C)C1C(c2cc(O)ccc2F)CC2CCC1(C)C2.Cl. The van der Waals surface area contributed by atoms with Gasteiger partial charge in [0.15, 0.2) is 0 Å². The van der Waals surface area contributed by atoms with Crippen molar-refractivity contribution >= 4 is 12.4 Å². The van der Waals surface area contributed by atoms with Crippen molar-refractivity contribution in [3.63, 3.8) is 0 Å². The molecular weight excluding hydrogens is 289 g/mol. The van der Waals surface area contributed by atoms with Crippen LogP contribution in [0.4, 0.5) is 4.39 Å². The average Bonchev–Trinajstić information content (AvgIpc) is 2.67. The van der Waals surface area contributed by atoms with Crippen LogP contribution in [0.15, 0.2) is 18.2 Å². The molecule has 0 aliphatic heterocycles. The smallest absolute Gasteiger partial charge is 0.127 e. The summed E-state index contributed by atoms with van der Waals surface area (Å²) < 4.78 is 14.3. The third kappa shape index (κ3) is 2.78. The van der Waals surface area contributed by atoms with Crippen LogP contribution in [0.5, 0.6) is 5.75 Å². The predicted octanol–water partition coefficient (Wildman–Crippen LogP) is 4.18. The molecule has 4 unspecified atom stereocenters. The number of fused-ring (bicyclic) bond motifs is 2. The lowest BCUT2D eigenvalue weighted by Crippen LogP contribution is -2.48. The van der Waals surface area contributed by atoms with E-state index in [1.165, 1.54) is 31.4 Å². The maximum Gasteiger partial charge on any atom is 0.127 e. The Bertz CT molecular complexity index is 522. The molecule has 2 nitrogen and oxygen atoms in total. The number of aromatic hydroxyl groups is 1. The van der Waals surface area contributed by atoms with E-state index >= 15 is 0 Å². The van der Waals surface area contributed by atoms with E-state index in [1.807, 2.05) is 0 Å². The molecule has 1 aromatic rings. The molecule has 4 heteroatoms. The normalized spacial score (nSPS) is 34.8. The molecule has 2 aliphatic rings. The molecule has 0 amide bonds. The molecule has 0 spiro atoms. The number of halogens is 2. The second kappa shape index (κ2) is 5.77. The summed E-state index contributed by atoms with van der Waals surface area (Å²) in [6.45, 7) is 2.35. The number of nitrogens with zero attached hydrogens (tertiary/aromatic N) is 1. The van der Waals surface area contributed by atoms with E-state index in [1.54, 1.807) is 6.07 Å². The average molecular weight is 314 g/mol. The number of hydrogen-bond acceptors (Lipinski definition) is 2. The van der Waals surface area contributed by atoms with E-state index in [-0.39, 0.29) is 35.3 Å². The minimum Gasteiger partial charge on any atom is -0.508 e. The fourth-order valence-corrected chi connectivity index (χ4v) is 4.94. The van der Waals surface area contributed by atoms with Crippen LogP contribution >= 0.6 is 12.4 Å². The Kier molecular flexibility index (Phi) is 4.55. The second-order valence-electron chi connectivity index (χ2n) is 7.22. The largest absolute Gasteiger partial charge is 0.508 e. The summed E-state index contributed by atoms with van der Waals surface area (Å²) in [6, 6.07) is 4.81. The van der Waals surface area contributed by atoms with Gasteiger partial charge < -0.3 is 10.0 Å². The molecule has 21 heavy (non-hydrogen) atoms. The zero-order valence-electron chi connectivity index (χ0n) is 13.0. The van der Waals surface area contributed by atoms with Gasteiger partial charge >= 0.3 is 0 Å². The lowest BCUT2D eigenvalue weighted by Gasteiger charge is -2.47. The minimum absolute atomic E-state index is 0. The monoisotopic (exact) mass is 313 g/mol. The molecule has 4 atom stereocenters. The van der Waals surface area contributed by atoms with Crippen LogP contribution in [0.25, 0.3) is 0 Å². The predicted molar refractivity (Wildman–Crippen MR) is 85.6 cm³/mol. The van der Waals surface area contributed by atoms with Crippen molar-refractivity contribution in [1.29, 1.82) is 0 Å². The maximum atomic E-state index is 14.3. The molecule has 0 radical (unpaired) electrons. The first-order valence-electron chi connectivity index (χ1n) is 7.55. The highest BCUT2D eigenvalue weighted by Gasteiger charge is 2.51. The van der Waals surface area contributed by atoms with Gasteiger partial charge in [0.2, 0.25) is 0 Å². The van der Waals surface area contributed by atoms with Crippen molar-refractivity contribution in [2.75, 3.05) is 14.1 Å². The molecule has 2 saturated carbocycles. The summed E-state index contributed by atoms with van der Waals surface area (Å²) >= 11 is 0. The number of benzene rings is 1. The van der Waals surface area contributed by atoms with Gasteiger partial charge in [0.05, 0.1) is 0 Å². The first kappa shape index (κ1) is 16.6. The van der Waals surface area contributed by atoms with E-state index in [2.05, 4.69) is 25.9 Å². The highest BCUT2D eigenvalue weighted by molar-refractivity contribution is 5.85. The first-order valence-corrected chi connectivity index (χ1v) is 7.55. The number of phenols is 1. The zero-order chi connectivity index (χ0) is 14.5. The van der Waals surface area contributed by atoms with E-state index in [4.69, 9.17) is 0 Å². The standard InChI is InChI=1S/C17H24FNO.ClH/c1-17-7-6-11(10-17)8-14(16(17)19(2)3)13-9-12(20)4-5-15(13)18;/h4-5,9,11,14,16,20H,6-8,10H2,1-3H3;1H. The summed E-state index contributed by atoms with van der Waals surface area (Å²) in [4.78, 5) is 2.26. The molecule has 3 rings (SSSR count). The van der Waals surface area contributed by atoms with Gasteiger partial charge in [-0.2, -0.15) is 0 Å². The molecule has 2 bridgehead atoms. The summed E-state index contributed by atoms with van der Waals surface area (Å²) in [5.41, 5.74) is 0.969. The Morgan fingerprint density at radius 1 is 1.33 bits per heavy atom. The van der Waals surface area contributed by atoms with Gasteiger partial charge in [-0.05, 0) is 74.9 Å². The van der Waals surface area contributed by atoms with E-state index in [0.717, 1.165) is 6.42 Å². The van der Waals surface area contributed by atoms with Crippen LogP contribution in [0, 0.1) is 17.2 Å². The molecular formula is C17H25ClFNO. The van der Waals surface area contributed by atoms with Gasteiger partial charge in [0, 0.05) is 12.0 Å². The van der Waals surface area contributed by atoms with Crippen molar-refractivity contribution in [1.82, 2.24) is 4.90 Å². The third-order valence-corrected chi connectivity index (χ3v) is 5.50. The van der Waals surface area contributed by atoms with Gasteiger partial charge in [-0.25, -0.2) is 4.39 Å². The lowest BCUT2D eigenvalue weighted by atomic mass is 9.65. The highest BCUT2D eigenvalue weighted by Crippen LogP contribution is 2.57. The van der Waals surface area contributed by atoms with Crippen LogP contribution in [0.1, 0.15) is 44.1 Å². The van der Waals surface area contributed by atoms with Crippen molar-refractivity contribution in [3.05, 3.63) is 29.6 Å². The van der Waals surface area contributed by atoms with Crippen molar-refractivity contribution < 1.29 is 9.50 Å². The molecule has 2 aliphatic carbocycles. The van der Waals surface area contributed by atoms with Gasteiger partial charge in [0.25, 0.3) is 0 Å². The molecule has 118 valence electrons. The van der Waals surface area contributed by atoms with E-state index in [0.29, 0.717) is 17.5 Å².